The van der Waals surface area contributed by atoms with E-state index in [1.54, 1.807) is 9.80 Å². The molecule has 0 spiro atoms. The van der Waals surface area contributed by atoms with Crippen LogP contribution in [0.3, 0.4) is 0 Å². The van der Waals surface area contributed by atoms with Gasteiger partial charge in [0.1, 0.15) is 6.04 Å². The van der Waals surface area contributed by atoms with Crippen molar-refractivity contribution in [2.75, 3.05) is 39.4 Å². The molecule has 0 radical (unpaired) electrons. The maximum absolute atomic E-state index is 12.6. The average Bonchev–Trinajstić information content (AvgIpc) is 3.15. The van der Waals surface area contributed by atoms with Crippen LogP contribution in [0.2, 0.25) is 0 Å². The summed E-state index contributed by atoms with van der Waals surface area (Å²) < 4.78 is 5.27. The van der Waals surface area contributed by atoms with E-state index in [0.717, 1.165) is 12.8 Å². The van der Waals surface area contributed by atoms with E-state index in [1.807, 2.05) is 0 Å². The highest BCUT2D eigenvalue weighted by molar-refractivity contribution is 5.90. The summed E-state index contributed by atoms with van der Waals surface area (Å²) >= 11 is 0. The predicted octanol–water partition coefficient (Wildman–Crippen LogP) is -1.44. The lowest BCUT2D eigenvalue weighted by Gasteiger charge is -2.33. The molecule has 0 aromatic rings. The van der Waals surface area contributed by atoms with Gasteiger partial charge < -0.3 is 25.0 Å². The van der Waals surface area contributed by atoms with Crippen molar-refractivity contribution in [2.24, 2.45) is 0 Å². The van der Waals surface area contributed by atoms with Crippen molar-refractivity contribution >= 4 is 11.8 Å². The smallest absolute Gasteiger partial charge is 0.245 e. The van der Waals surface area contributed by atoms with Crippen LogP contribution in [0, 0.1) is 0 Å². The molecule has 3 aliphatic heterocycles. The second kappa shape index (κ2) is 6.29. The fraction of sp³-hybridized carbons (Fsp3) is 0.857. The summed E-state index contributed by atoms with van der Waals surface area (Å²) in [5.41, 5.74) is 0. The second-order valence-electron chi connectivity index (χ2n) is 5.98. The number of hydrogen-bond acceptors (Lipinski definition) is 5. The van der Waals surface area contributed by atoms with Crippen LogP contribution in [-0.4, -0.2) is 84.3 Å². The third-order valence-corrected chi connectivity index (χ3v) is 4.55. The minimum absolute atomic E-state index is 0.0442. The van der Waals surface area contributed by atoms with E-state index in [4.69, 9.17) is 4.74 Å². The first-order chi connectivity index (χ1) is 10.2. The Morgan fingerprint density at radius 1 is 1.14 bits per heavy atom. The molecule has 21 heavy (non-hydrogen) atoms. The van der Waals surface area contributed by atoms with Gasteiger partial charge in [-0.05, 0) is 19.3 Å². The lowest BCUT2D eigenvalue weighted by molar-refractivity contribution is -0.147. The Labute approximate surface area is 124 Å². The van der Waals surface area contributed by atoms with Crippen molar-refractivity contribution in [3.63, 3.8) is 0 Å². The van der Waals surface area contributed by atoms with Gasteiger partial charge in [0.2, 0.25) is 11.8 Å². The molecule has 3 aliphatic rings. The molecular weight excluding hydrogens is 274 g/mol. The number of β-amino-alcohol motifs (C(OH)–C–C–N with tert-alkyl or cyclic N) is 1. The van der Waals surface area contributed by atoms with Crippen LogP contribution in [0.25, 0.3) is 0 Å². The minimum atomic E-state index is -0.463. The largest absolute Gasteiger partial charge is 0.392 e. The Balaban J connectivity index is 1.64. The van der Waals surface area contributed by atoms with Crippen LogP contribution in [0.4, 0.5) is 0 Å². The van der Waals surface area contributed by atoms with Crippen molar-refractivity contribution in [2.45, 2.75) is 37.5 Å². The van der Waals surface area contributed by atoms with Crippen LogP contribution in [0.5, 0.6) is 0 Å². The van der Waals surface area contributed by atoms with Crippen molar-refractivity contribution < 1.29 is 19.4 Å². The number of aliphatic hydroxyl groups excluding tert-OH is 1. The number of nitrogens with one attached hydrogen (secondary N) is 1. The molecule has 3 heterocycles. The molecule has 3 atom stereocenters. The number of ether oxygens (including phenoxy) is 1. The van der Waals surface area contributed by atoms with Crippen molar-refractivity contribution in [1.82, 2.24) is 15.1 Å². The van der Waals surface area contributed by atoms with E-state index in [2.05, 4.69) is 5.32 Å². The monoisotopic (exact) mass is 297 g/mol. The first-order valence-electron chi connectivity index (χ1n) is 7.75. The fourth-order valence-electron chi connectivity index (χ4n) is 3.39. The van der Waals surface area contributed by atoms with E-state index in [-0.39, 0.29) is 23.9 Å². The second-order valence-corrected chi connectivity index (χ2v) is 5.98. The van der Waals surface area contributed by atoms with Crippen LogP contribution in [-0.2, 0) is 14.3 Å². The molecular formula is C14H23N3O4. The number of nitrogens with zero attached hydrogens (tertiary/aromatic N) is 2. The number of aliphatic hydroxyl groups is 1. The van der Waals surface area contributed by atoms with Crippen molar-refractivity contribution in [1.29, 1.82) is 0 Å². The maximum Gasteiger partial charge on any atom is 0.245 e. The van der Waals surface area contributed by atoms with Gasteiger partial charge in [0.15, 0.2) is 0 Å². The lowest BCUT2D eigenvalue weighted by atomic mass is 10.1. The normalized spacial score (nSPS) is 33.5. The molecule has 0 bridgehead atoms. The Morgan fingerprint density at radius 3 is 2.57 bits per heavy atom. The van der Waals surface area contributed by atoms with Crippen LogP contribution >= 0.6 is 0 Å². The number of carbonyl (C=O) groups excluding carboxylic acids is 2. The summed E-state index contributed by atoms with van der Waals surface area (Å²) in [7, 11) is 0. The Kier molecular flexibility index (Phi) is 4.42. The SMILES string of the molecule is O=C(C1CCCN1C(=O)C1CC(O)CN1)N1CCOCC1. The number of amides is 2. The zero-order chi connectivity index (χ0) is 14.8. The van der Waals surface area contributed by atoms with E-state index < -0.39 is 6.10 Å². The Hall–Kier alpha value is -1.18. The highest BCUT2D eigenvalue weighted by Gasteiger charge is 2.40. The summed E-state index contributed by atoms with van der Waals surface area (Å²) in [5.74, 6) is -0.00152. The lowest BCUT2D eigenvalue weighted by Crippen LogP contribution is -2.53. The number of likely N-dealkylation sites (tertiary alicyclic amines) is 1. The maximum atomic E-state index is 12.6. The van der Waals surface area contributed by atoms with E-state index in [1.165, 1.54) is 0 Å². The Bertz CT molecular complexity index is 388. The van der Waals surface area contributed by atoms with Gasteiger partial charge in [-0.15, -0.1) is 0 Å². The fourth-order valence-corrected chi connectivity index (χ4v) is 3.39. The molecule has 3 rings (SSSR count). The zero-order valence-electron chi connectivity index (χ0n) is 12.2. The topological polar surface area (TPSA) is 82.1 Å². The first-order valence-corrected chi connectivity index (χ1v) is 7.75. The van der Waals surface area contributed by atoms with Crippen molar-refractivity contribution in [3.8, 4) is 0 Å². The van der Waals surface area contributed by atoms with Gasteiger partial charge in [0.05, 0.1) is 25.4 Å². The third-order valence-electron chi connectivity index (χ3n) is 4.55. The molecule has 0 aliphatic carbocycles. The standard InChI is InChI=1S/C14H23N3O4/c18-10-8-11(15-9-10)13(19)17-3-1-2-12(17)14(20)16-4-6-21-7-5-16/h10-12,15,18H,1-9H2. The Morgan fingerprint density at radius 2 is 1.90 bits per heavy atom. The van der Waals surface area contributed by atoms with Gasteiger partial charge >= 0.3 is 0 Å². The van der Waals surface area contributed by atoms with Crippen LogP contribution < -0.4 is 5.32 Å². The molecule has 118 valence electrons. The van der Waals surface area contributed by atoms with E-state index in [0.29, 0.717) is 45.8 Å². The molecule has 7 nitrogen and oxygen atoms in total. The molecule has 3 unspecified atom stereocenters. The molecule has 0 saturated carbocycles. The first kappa shape index (κ1) is 14.7. The highest BCUT2D eigenvalue weighted by Crippen LogP contribution is 2.22. The van der Waals surface area contributed by atoms with Gasteiger partial charge in [-0.1, -0.05) is 0 Å². The van der Waals surface area contributed by atoms with E-state index in [9.17, 15) is 14.7 Å². The molecule has 0 aromatic heterocycles. The highest BCUT2D eigenvalue weighted by atomic mass is 16.5. The third kappa shape index (κ3) is 3.04. The number of rotatable bonds is 2. The number of hydrogen-bond donors (Lipinski definition) is 2. The molecule has 2 amide bonds. The summed E-state index contributed by atoms with van der Waals surface area (Å²) in [6.45, 7) is 3.45. The molecule has 2 N–H and O–H groups in total. The molecule has 7 heteroatoms. The average molecular weight is 297 g/mol. The number of morpholine rings is 1. The minimum Gasteiger partial charge on any atom is -0.392 e. The molecule has 0 aromatic carbocycles. The summed E-state index contributed by atoms with van der Waals surface area (Å²) in [5, 5.41) is 12.6. The van der Waals surface area contributed by atoms with Crippen LogP contribution in [0.15, 0.2) is 0 Å². The van der Waals surface area contributed by atoms with Gasteiger partial charge in [-0.25, -0.2) is 0 Å². The summed E-state index contributed by atoms with van der Waals surface area (Å²) in [4.78, 5) is 28.7. The van der Waals surface area contributed by atoms with Gasteiger partial charge in [-0.2, -0.15) is 0 Å². The zero-order valence-corrected chi connectivity index (χ0v) is 12.2. The van der Waals surface area contributed by atoms with Gasteiger partial charge in [-0.3, -0.25) is 9.59 Å². The van der Waals surface area contributed by atoms with Gasteiger partial charge in [0.25, 0.3) is 0 Å². The van der Waals surface area contributed by atoms with Crippen molar-refractivity contribution in [3.05, 3.63) is 0 Å². The van der Waals surface area contributed by atoms with Crippen LogP contribution in [0.1, 0.15) is 19.3 Å². The predicted molar refractivity (Wildman–Crippen MR) is 74.5 cm³/mol. The number of carbonyl (C=O) groups is 2. The quantitative estimate of drug-likeness (QED) is 0.652. The van der Waals surface area contributed by atoms with E-state index >= 15 is 0 Å². The molecule has 3 saturated heterocycles. The van der Waals surface area contributed by atoms with Gasteiger partial charge in [0, 0.05) is 26.2 Å². The molecule has 3 fully saturated rings. The summed E-state index contributed by atoms with van der Waals surface area (Å²) in [6, 6.07) is -0.687. The summed E-state index contributed by atoms with van der Waals surface area (Å²) in [6.07, 6.45) is 1.57.